The number of ether oxygens (including phenoxy) is 2. The number of nitrogens with one attached hydrogen (secondary N) is 1. The fraction of sp³-hybridized carbons (Fsp3) is 0.364. The third kappa shape index (κ3) is 6.37. The lowest BCUT2D eigenvalue weighted by Crippen LogP contribution is -2.30. The van der Waals surface area contributed by atoms with Gasteiger partial charge in [0.2, 0.25) is 0 Å². The van der Waals surface area contributed by atoms with Crippen molar-refractivity contribution in [1.82, 2.24) is 0 Å². The topological polar surface area (TPSA) is 64.6 Å². The van der Waals surface area contributed by atoms with Crippen LogP contribution in [0, 0.1) is 6.92 Å². The highest BCUT2D eigenvalue weighted by Crippen LogP contribution is 2.25. The number of carbonyl (C=O) groups is 2. The predicted octanol–water partition coefficient (Wildman–Crippen LogP) is 5.22. The average molecular weight is 448 g/mol. The van der Waals surface area contributed by atoms with E-state index in [1.54, 1.807) is 13.8 Å². The summed E-state index contributed by atoms with van der Waals surface area (Å²) in [6.45, 7) is 7.80. The summed E-state index contributed by atoms with van der Waals surface area (Å²) < 4.78 is 11.7. The largest absolute Gasteiger partial charge is 0.481 e. The van der Waals surface area contributed by atoms with Crippen LogP contribution in [-0.4, -0.2) is 24.6 Å². The Balaban J connectivity index is 1.94. The van der Waals surface area contributed by atoms with Gasteiger partial charge >= 0.3 is 5.97 Å². The van der Waals surface area contributed by atoms with Crippen LogP contribution in [0.1, 0.15) is 44.2 Å². The predicted molar refractivity (Wildman–Crippen MR) is 114 cm³/mol. The quantitative estimate of drug-likeness (QED) is 0.563. The molecule has 0 aliphatic rings. The van der Waals surface area contributed by atoms with Crippen LogP contribution in [0.4, 0.5) is 5.69 Å². The standard InChI is InChI=1S/C22H26BrNO4/c1-5-27-21(25)12-15(3)17-7-10-19(11-8-17)24-22(26)16(4)28-20-13-18(23)9-6-14(20)2/h6-11,13,15-16H,5,12H2,1-4H3,(H,24,26). The molecular formula is C22H26BrNO4. The first-order valence-electron chi connectivity index (χ1n) is 9.29. The molecule has 2 unspecified atom stereocenters. The molecule has 0 fully saturated rings. The van der Waals surface area contributed by atoms with E-state index in [9.17, 15) is 9.59 Å². The fourth-order valence-electron chi connectivity index (χ4n) is 2.67. The van der Waals surface area contributed by atoms with E-state index in [0.717, 1.165) is 15.6 Å². The number of amides is 1. The van der Waals surface area contributed by atoms with Crippen molar-refractivity contribution >= 4 is 33.5 Å². The number of hydrogen-bond donors (Lipinski definition) is 1. The van der Waals surface area contributed by atoms with Crippen molar-refractivity contribution in [2.24, 2.45) is 0 Å². The van der Waals surface area contributed by atoms with Crippen LogP contribution in [-0.2, 0) is 14.3 Å². The van der Waals surface area contributed by atoms with Crippen LogP contribution in [0.25, 0.3) is 0 Å². The SMILES string of the molecule is CCOC(=O)CC(C)c1ccc(NC(=O)C(C)Oc2cc(Br)ccc2C)cc1. The zero-order valence-electron chi connectivity index (χ0n) is 16.6. The second kappa shape index (κ2) is 10.3. The molecule has 5 nitrogen and oxygen atoms in total. The molecule has 0 spiro atoms. The molecule has 0 radical (unpaired) electrons. The van der Waals surface area contributed by atoms with Gasteiger partial charge in [-0.05, 0) is 62.1 Å². The Bertz CT molecular complexity index is 820. The molecule has 2 rings (SSSR count). The maximum Gasteiger partial charge on any atom is 0.306 e. The van der Waals surface area contributed by atoms with E-state index in [-0.39, 0.29) is 17.8 Å². The Hall–Kier alpha value is -2.34. The first-order chi connectivity index (χ1) is 13.3. The number of anilines is 1. The number of esters is 1. The van der Waals surface area contributed by atoms with Gasteiger partial charge in [-0.1, -0.05) is 41.1 Å². The average Bonchev–Trinajstić information content (AvgIpc) is 2.65. The summed E-state index contributed by atoms with van der Waals surface area (Å²) >= 11 is 3.41. The van der Waals surface area contributed by atoms with Crippen LogP contribution in [0.2, 0.25) is 0 Å². The summed E-state index contributed by atoms with van der Waals surface area (Å²) in [7, 11) is 0. The molecular weight excluding hydrogens is 422 g/mol. The summed E-state index contributed by atoms with van der Waals surface area (Å²) in [6, 6.07) is 13.2. The minimum Gasteiger partial charge on any atom is -0.481 e. The molecule has 0 saturated heterocycles. The molecule has 0 saturated carbocycles. The lowest BCUT2D eigenvalue weighted by Gasteiger charge is -2.17. The Morgan fingerprint density at radius 1 is 1.11 bits per heavy atom. The number of carbonyl (C=O) groups excluding carboxylic acids is 2. The summed E-state index contributed by atoms with van der Waals surface area (Å²) in [5, 5.41) is 2.86. The van der Waals surface area contributed by atoms with E-state index in [1.807, 2.05) is 56.3 Å². The van der Waals surface area contributed by atoms with E-state index in [0.29, 0.717) is 24.5 Å². The Labute approximate surface area is 174 Å². The minimum atomic E-state index is -0.643. The second-order valence-corrected chi connectivity index (χ2v) is 7.61. The van der Waals surface area contributed by atoms with Gasteiger partial charge in [0.25, 0.3) is 5.91 Å². The minimum absolute atomic E-state index is 0.0468. The fourth-order valence-corrected chi connectivity index (χ4v) is 3.01. The summed E-state index contributed by atoms with van der Waals surface area (Å²) in [5.74, 6) is 0.276. The monoisotopic (exact) mass is 447 g/mol. The van der Waals surface area contributed by atoms with Gasteiger partial charge in [0.1, 0.15) is 5.75 Å². The molecule has 0 heterocycles. The number of halogens is 1. The van der Waals surface area contributed by atoms with E-state index < -0.39 is 6.10 Å². The maximum atomic E-state index is 12.4. The molecule has 2 aromatic rings. The van der Waals surface area contributed by atoms with Crippen molar-refractivity contribution in [1.29, 1.82) is 0 Å². The molecule has 1 amide bonds. The van der Waals surface area contributed by atoms with Gasteiger partial charge in [-0.2, -0.15) is 0 Å². The highest BCUT2D eigenvalue weighted by atomic mass is 79.9. The zero-order valence-corrected chi connectivity index (χ0v) is 18.2. The van der Waals surface area contributed by atoms with Crippen LogP contribution in [0.5, 0.6) is 5.75 Å². The summed E-state index contributed by atoms with van der Waals surface area (Å²) in [5.41, 5.74) is 2.65. The summed E-state index contributed by atoms with van der Waals surface area (Å²) in [6.07, 6.45) is -0.313. The van der Waals surface area contributed by atoms with Crippen molar-refractivity contribution in [3.8, 4) is 5.75 Å². The van der Waals surface area contributed by atoms with Gasteiger partial charge in [-0.25, -0.2) is 0 Å². The number of hydrogen-bond acceptors (Lipinski definition) is 4. The Morgan fingerprint density at radius 3 is 2.43 bits per heavy atom. The van der Waals surface area contributed by atoms with Crippen LogP contribution >= 0.6 is 15.9 Å². The molecule has 0 bridgehead atoms. The third-order valence-electron chi connectivity index (χ3n) is 4.35. The zero-order chi connectivity index (χ0) is 20.7. The van der Waals surface area contributed by atoms with Crippen molar-refractivity contribution in [2.75, 3.05) is 11.9 Å². The Kier molecular flexibility index (Phi) is 8.05. The molecule has 28 heavy (non-hydrogen) atoms. The van der Waals surface area contributed by atoms with Gasteiger partial charge in [0.05, 0.1) is 13.0 Å². The molecule has 0 aliphatic heterocycles. The first kappa shape index (κ1) is 22.0. The van der Waals surface area contributed by atoms with Crippen LogP contribution in [0.3, 0.4) is 0 Å². The normalized spacial score (nSPS) is 12.8. The van der Waals surface area contributed by atoms with Crippen LogP contribution in [0.15, 0.2) is 46.9 Å². The number of benzene rings is 2. The third-order valence-corrected chi connectivity index (χ3v) is 4.84. The molecule has 2 aromatic carbocycles. The van der Waals surface area contributed by atoms with Gasteiger partial charge in [-0.15, -0.1) is 0 Å². The molecule has 0 aromatic heterocycles. The highest BCUT2D eigenvalue weighted by Gasteiger charge is 2.17. The number of aryl methyl sites for hydroxylation is 1. The molecule has 6 heteroatoms. The Morgan fingerprint density at radius 2 is 1.79 bits per heavy atom. The van der Waals surface area contributed by atoms with Crippen molar-refractivity contribution in [3.05, 3.63) is 58.1 Å². The second-order valence-electron chi connectivity index (χ2n) is 6.69. The summed E-state index contributed by atoms with van der Waals surface area (Å²) in [4.78, 5) is 24.1. The van der Waals surface area contributed by atoms with E-state index in [1.165, 1.54) is 0 Å². The lowest BCUT2D eigenvalue weighted by molar-refractivity contribution is -0.143. The van der Waals surface area contributed by atoms with Crippen molar-refractivity contribution in [2.45, 2.75) is 46.1 Å². The smallest absolute Gasteiger partial charge is 0.306 e. The van der Waals surface area contributed by atoms with Gasteiger partial charge in [0, 0.05) is 10.2 Å². The molecule has 1 N–H and O–H groups in total. The van der Waals surface area contributed by atoms with E-state index >= 15 is 0 Å². The van der Waals surface area contributed by atoms with Crippen molar-refractivity contribution in [3.63, 3.8) is 0 Å². The maximum absolute atomic E-state index is 12.4. The van der Waals surface area contributed by atoms with Crippen LogP contribution < -0.4 is 10.1 Å². The van der Waals surface area contributed by atoms with Gasteiger partial charge in [-0.3, -0.25) is 9.59 Å². The lowest BCUT2D eigenvalue weighted by atomic mass is 9.98. The molecule has 150 valence electrons. The van der Waals surface area contributed by atoms with Gasteiger partial charge in [0.15, 0.2) is 6.10 Å². The van der Waals surface area contributed by atoms with E-state index in [2.05, 4.69) is 21.2 Å². The highest BCUT2D eigenvalue weighted by molar-refractivity contribution is 9.10. The molecule has 2 atom stereocenters. The van der Waals surface area contributed by atoms with E-state index in [4.69, 9.17) is 9.47 Å². The number of rotatable bonds is 8. The molecule has 0 aliphatic carbocycles. The van der Waals surface area contributed by atoms with Gasteiger partial charge < -0.3 is 14.8 Å². The first-order valence-corrected chi connectivity index (χ1v) is 10.1. The van der Waals surface area contributed by atoms with Crippen molar-refractivity contribution < 1.29 is 19.1 Å².